The first-order valence-corrected chi connectivity index (χ1v) is 6.93. The summed E-state index contributed by atoms with van der Waals surface area (Å²) in [6.07, 6.45) is 3.04. The van der Waals surface area contributed by atoms with Crippen molar-refractivity contribution >= 4 is 45.1 Å². The molecule has 2 aromatic carbocycles. The molecule has 100 valence electrons. The van der Waals surface area contributed by atoms with Gasteiger partial charge < -0.3 is 5.11 Å². The second kappa shape index (κ2) is 5.18. The van der Waals surface area contributed by atoms with Gasteiger partial charge in [0.2, 0.25) is 4.77 Å². The van der Waals surface area contributed by atoms with Crippen LogP contribution >= 0.6 is 28.1 Å². The van der Waals surface area contributed by atoms with E-state index in [9.17, 15) is 5.11 Å². The number of nitrogens with zero attached hydrogens (tertiary/aromatic N) is 3. The second-order valence-electron chi connectivity index (χ2n) is 4.11. The van der Waals surface area contributed by atoms with E-state index in [-0.39, 0.29) is 5.75 Å². The number of benzene rings is 2. The molecule has 3 aromatic rings. The van der Waals surface area contributed by atoms with Gasteiger partial charge in [-0.25, -0.2) is 0 Å². The van der Waals surface area contributed by atoms with Crippen molar-refractivity contribution < 1.29 is 5.11 Å². The Labute approximate surface area is 127 Å². The maximum atomic E-state index is 10.0. The fourth-order valence-corrected chi connectivity index (χ4v) is 2.42. The summed E-state index contributed by atoms with van der Waals surface area (Å²) in [5, 5.41) is 22.5. The lowest BCUT2D eigenvalue weighted by atomic mass is 10.0. The molecule has 0 fully saturated rings. The monoisotopic (exact) mass is 348 g/mol. The largest absolute Gasteiger partial charge is 0.507 e. The molecule has 0 bridgehead atoms. The average molecular weight is 349 g/mol. The number of phenols is 1. The van der Waals surface area contributed by atoms with E-state index < -0.39 is 0 Å². The number of nitrogens with one attached hydrogen (secondary N) is 1. The quantitative estimate of drug-likeness (QED) is 0.550. The Kier molecular flexibility index (Phi) is 3.37. The number of rotatable bonds is 2. The summed E-state index contributed by atoms with van der Waals surface area (Å²) >= 11 is 8.44. The highest BCUT2D eigenvalue weighted by Crippen LogP contribution is 2.28. The minimum absolute atomic E-state index is 0.165. The Bertz CT molecular complexity index is 868. The van der Waals surface area contributed by atoms with Crippen molar-refractivity contribution in [3.8, 4) is 5.75 Å². The van der Waals surface area contributed by atoms with Crippen LogP contribution < -0.4 is 0 Å². The summed E-state index contributed by atoms with van der Waals surface area (Å²) < 4.78 is 2.80. The lowest BCUT2D eigenvalue weighted by Crippen LogP contribution is -1.91. The maximum absolute atomic E-state index is 10.0. The summed E-state index contributed by atoms with van der Waals surface area (Å²) in [7, 11) is 0. The molecule has 5 nitrogen and oxygen atoms in total. The van der Waals surface area contributed by atoms with E-state index in [1.165, 1.54) is 11.0 Å². The third-order valence-corrected chi connectivity index (χ3v) is 3.62. The van der Waals surface area contributed by atoms with Crippen LogP contribution in [-0.2, 0) is 0 Å². The molecule has 1 heterocycles. The zero-order valence-electron chi connectivity index (χ0n) is 10.1. The fraction of sp³-hybridized carbons (Fsp3) is 0. The van der Waals surface area contributed by atoms with Crippen molar-refractivity contribution in [1.82, 2.24) is 14.9 Å². The van der Waals surface area contributed by atoms with Crippen molar-refractivity contribution in [3.05, 3.63) is 51.5 Å². The molecular weight excluding hydrogens is 340 g/mol. The van der Waals surface area contributed by atoms with Gasteiger partial charge >= 0.3 is 0 Å². The summed E-state index contributed by atoms with van der Waals surface area (Å²) in [6, 6.07) is 9.33. The molecule has 0 aliphatic carbocycles. The second-order valence-corrected chi connectivity index (χ2v) is 5.42. The number of phenolic OH excluding ortho intramolecular Hbond substituents is 1. The number of hydrogen-bond donors (Lipinski definition) is 2. The van der Waals surface area contributed by atoms with Gasteiger partial charge in [-0.15, -0.1) is 0 Å². The van der Waals surface area contributed by atoms with Crippen LogP contribution in [0.2, 0.25) is 0 Å². The van der Waals surface area contributed by atoms with Gasteiger partial charge in [0.05, 0.1) is 6.21 Å². The molecule has 0 aliphatic heterocycles. The Morgan fingerprint density at radius 2 is 2.20 bits per heavy atom. The van der Waals surface area contributed by atoms with Gasteiger partial charge in [0.15, 0.2) is 0 Å². The number of aromatic hydroxyl groups is 1. The van der Waals surface area contributed by atoms with Gasteiger partial charge in [-0.2, -0.15) is 14.9 Å². The SMILES string of the molecule is Oc1ccc2cc(Br)ccc2c1/C=N\n1cn[nH]c1=S. The van der Waals surface area contributed by atoms with Gasteiger partial charge in [-0.1, -0.05) is 28.1 Å². The van der Waals surface area contributed by atoms with E-state index in [0.29, 0.717) is 10.3 Å². The average Bonchev–Trinajstić information content (AvgIpc) is 2.83. The van der Waals surface area contributed by atoms with Crippen LogP contribution in [0.25, 0.3) is 10.8 Å². The number of H-pyrrole nitrogens is 1. The first kappa shape index (κ1) is 13.0. The van der Waals surface area contributed by atoms with Crippen LogP contribution in [0.4, 0.5) is 0 Å². The maximum Gasteiger partial charge on any atom is 0.216 e. The molecule has 0 unspecified atom stereocenters. The minimum atomic E-state index is 0.165. The van der Waals surface area contributed by atoms with Crippen molar-refractivity contribution in [3.63, 3.8) is 0 Å². The van der Waals surface area contributed by atoms with Gasteiger partial charge in [-0.05, 0) is 41.2 Å². The van der Waals surface area contributed by atoms with Crippen LogP contribution in [0.1, 0.15) is 5.56 Å². The van der Waals surface area contributed by atoms with E-state index >= 15 is 0 Å². The lowest BCUT2D eigenvalue weighted by molar-refractivity contribution is 0.475. The molecule has 0 spiro atoms. The highest BCUT2D eigenvalue weighted by atomic mass is 79.9. The Hall–Kier alpha value is -1.99. The lowest BCUT2D eigenvalue weighted by Gasteiger charge is -2.05. The standard InChI is InChI=1S/C13H9BrN4OS/c14-9-2-3-10-8(5-9)1-4-12(19)11(10)6-16-18-7-15-17-13(18)20/h1-7,19H,(H,17,20)/b16-6-. The molecule has 1 aromatic heterocycles. The third-order valence-electron chi connectivity index (χ3n) is 2.85. The van der Waals surface area contributed by atoms with Crippen molar-refractivity contribution in [2.45, 2.75) is 0 Å². The third kappa shape index (κ3) is 2.37. The molecule has 0 amide bonds. The van der Waals surface area contributed by atoms with E-state index in [2.05, 4.69) is 31.2 Å². The smallest absolute Gasteiger partial charge is 0.216 e. The van der Waals surface area contributed by atoms with Crippen molar-refractivity contribution in [1.29, 1.82) is 0 Å². The zero-order chi connectivity index (χ0) is 14.1. The van der Waals surface area contributed by atoms with E-state index in [1.54, 1.807) is 12.3 Å². The minimum Gasteiger partial charge on any atom is -0.507 e. The summed E-state index contributed by atoms with van der Waals surface area (Å²) in [6.45, 7) is 0. The number of hydrogen-bond acceptors (Lipinski definition) is 4. The van der Waals surface area contributed by atoms with Crippen LogP contribution in [-0.4, -0.2) is 26.2 Å². The van der Waals surface area contributed by atoms with E-state index in [4.69, 9.17) is 12.2 Å². The van der Waals surface area contributed by atoms with Crippen molar-refractivity contribution in [2.75, 3.05) is 0 Å². The normalized spacial score (nSPS) is 11.4. The predicted octanol–water partition coefficient (Wildman–Crippen LogP) is 3.44. The summed E-state index contributed by atoms with van der Waals surface area (Å²) in [4.78, 5) is 0. The summed E-state index contributed by atoms with van der Waals surface area (Å²) in [5.74, 6) is 0.165. The van der Waals surface area contributed by atoms with Crippen LogP contribution in [0.3, 0.4) is 0 Å². The van der Waals surface area contributed by atoms with Crippen LogP contribution in [0.15, 0.2) is 46.2 Å². The Morgan fingerprint density at radius 1 is 1.35 bits per heavy atom. The van der Waals surface area contributed by atoms with E-state index in [0.717, 1.165) is 15.2 Å². The fourth-order valence-electron chi connectivity index (χ4n) is 1.89. The Balaban J connectivity index is 2.15. The first-order chi connectivity index (χ1) is 9.65. The predicted molar refractivity (Wildman–Crippen MR) is 83.7 cm³/mol. The molecular formula is C13H9BrN4OS. The van der Waals surface area contributed by atoms with Crippen molar-refractivity contribution in [2.24, 2.45) is 5.10 Å². The molecule has 0 aliphatic rings. The molecule has 3 rings (SSSR count). The van der Waals surface area contributed by atoms with Gasteiger partial charge in [0, 0.05) is 10.0 Å². The topological polar surface area (TPSA) is 66.2 Å². The molecule has 0 atom stereocenters. The van der Waals surface area contributed by atoms with Crippen LogP contribution in [0, 0.1) is 4.77 Å². The number of fused-ring (bicyclic) bond motifs is 1. The molecule has 0 saturated carbocycles. The number of aromatic nitrogens is 3. The Morgan fingerprint density at radius 3 is 2.95 bits per heavy atom. The van der Waals surface area contributed by atoms with Gasteiger partial charge in [0.1, 0.15) is 12.1 Å². The van der Waals surface area contributed by atoms with Crippen LogP contribution in [0.5, 0.6) is 5.75 Å². The zero-order valence-corrected chi connectivity index (χ0v) is 12.5. The van der Waals surface area contributed by atoms with E-state index in [1.807, 2.05) is 24.3 Å². The molecule has 0 saturated heterocycles. The molecule has 0 radical (unpaired) electrons. The molecule has 20 heavy (non-hydrogen) atoms. The highest BCUT2D eigenvalue weighted by Gasteiger charge is 2.05. The molecule has 7 heteroatoms. The highest BCUT2D eigenvalue weighted by molar-refractivity contribution is 9.10. The summed E-state index contributed by atoms with van der Waals surface area (Å²) in [5.41, 5.74) is 0.637. The number of halogens is 1. The van der Waals surface area contributed by atoms with Gasteiger partial charge in [0.25, 0.3) is 0 Å². The number of aromatic amines is 1. The first-order valence-electron chi connectivity index (χ1n) is 5.73. The molecule has 2 N–H and O–H groups in total. The van der Waals surface area contributed by atoms with Gasteiger partial charge in [-0.3, -0.25) is 5.10 Å².